The summed E-state index contributed by atoms with van der Waals surface area (Å²) in [4.78, 5) is 28.1. The molecule has 6 aromatic rings. The Labute approximate surface area is 353 Å². The fraction of sp³-hybridized carbons (Fsp3) is 0.404. The molecule has 1 aliphatic rings. The number of rotatable bonds is 15. The van der Waals surface area contributed by atoms with Crippen molar-refractivity contribution in [3.8, 4) is 16.9 Å². The standard InChI is InChI=1S/C47H59N7O5Si/c1-47(2,3)60(5,6)59-43(37-21-24-42(55)45-38(37)22-25-44(56)51-45)30-49-29-32-15-23-41-40(28-32)52-53-54(41)26-10-11-31-14-20-36(33-12-8-7-9-13-33)39(27-31)50-46(57)58-35-18-16-34(48-4)17-19-35/h7-9,12-15,20-25,27-28,34-35,43,48-49,55H,10-11,16-19,26,29-30H2,1-6H3,(H,50,57)(H,51,56)/t34?,35?,43-/m0/s1. The van der Waals surface area contributed by atoms with Crippen LogP contribution in [0, 0.1) is 0 Å². The number of phenols is 1. The summed E-state index contributed by atoms with van der Waals surface area (Å²) >= 11 is 0. The summed E-state index contributed by atoms with van der Waals surface area (Å²) in [6, 6.07) is 29.9. The molecule has 0 radical (unpaired) electrons. The molecule has 1 amide bonds. The number of ether oxygens (including phenoxy) is 1. The Morgan fingerprint density at radius 3 is 2.48 bits per heavy atom. The van der Waals surface area contributed by atoms with E-state index in [1.807, 2.05) is 48.1 Å². The van der Waals surface area contributed by atoms with Gasteiger partial charge >= 0.3 is 6.09 Å². The highest BCUT2D eigenvalue weighted by atomic mass is 28.4. The first kappa shape index (κ1) is 42.8. The molecule has 0 unspecified atom stereocenters. The van der Waals surface area contributed by atoms with Crippen molar-refractivity contribution in [1.29, 1.82) is 0 Å². The van der Waals surface area contributed by atoms with Crippen LogP contribution in [0.2, 0.25) is 18.1 Å². The number of aromatic hydroxyl groups is 1. The number of carbonyl (C=O) groups excluding carboxylic acids is 1. The van der Waals surface area contributed by atoms with E-state index in [-0.39, 0.29) is 28.6 Å². The summed E-state index contributed by atoms with van der Waals surface area (Å²) in [7, 11) is -0.228. The van der Waals surface area contributed by atoms with Crippen molar-refractivity contribution in [2.24, 2.45) is 0 Å². The van der Waals surface area contributed by atoms with Gasteiger partial charge in [-0.2, -0.15) is 0 Å². The first-order valence-electron chi connectivity index (χ1n) is 21.2. The predicted molar refractivity (Wildman–Crippen MR) is 242 cm³/mol. The molecule has 0 aliphatic heterocycles. The smallest absolute Gasteiger partial charge is 0.411 e. The van der Waals surface area contributed by atoms with Crippen LogP contribution < -0.4 is 21.5 Å². The number of nitrogens with zero attached hydrogens (tertiary/aromatic N) is 3. The number of carbonyl (C=O) groups is 1. The second kappa shape index (κ2) is 18.5. The van der Waals surface area contributed by atoms with E-state index in [2.05, 4.69) is 102 Å². The maximum atomic E-state index is 13.1. The molecule has 1 atom stereocenters. The highest BCUT2D eigenvalue weighted by Gasteiger charge is 2.40. The SMILES string of the molecule is CNC1CCC(OC(=O)Nc2cc(CCCn3nnc4cc(CNC[C@H](O[Si](C)(C)C(C)(C)C)c5ccc(O)c6[nH]c(=O)ccc56)ccc43)ccc2-c2ccccc2)CC1. The molecule has 1 aliphatic carbocycles. The molecule has 60 heavy (non-hydrogen) atoms. The zero-order valence-corrected chi connectivity index (χ0v) is 36.7. The zero-order chi connectivity index (χ0) is 42.4. The molecular formula is C47H59N7O5Si. The van der Waals surface area contributed by atoms with Gasteiger partial charge in [0.1, 0.15) is 17.4 Å². The van der Waals surface area contributed by atoms with Crippen molar-refractivity contribution >= 4 is 42.0 Å². The lowest BCUT2D eigenvalue weighted by Crippen LogP contribution is -2.43. The summed E-state index contributed by atoms with van der Waals surface area (Å²) in [6.45, 7) is 12.9. The first-order chi connectivity index (χ1) is 28.8. The number of aryl methyl sites for hydroxylation is 2. The maximum Gasteiger partial charge on any atom is 0.411 e. The number of anilines is 1. The summed E-state index contributed by atoms with van der Waals surface area (Å²) in [5, 5.41) is 30.4. The van der Waals surface area contributed by atoms with Gasteiger partial charge in [0.15, 0.2) is 8.32 Å². The summed E-state index contributed by atoms with van der Waals surface area (Å²) in [5.74, 6) is 0.0304. The second-order valence-corrected chi connectivity index (χ2v) is 22.3. The second-order valence-electron chi connectivity index (χ2n) is 17.6. The summed E-state index contributed by atoms with van der Waals surface area (Å²) in [6.07, 6.45) is 4.55. The molecule has 4 aromatic carbocycles. The predicted octanol–water partition coefficient (Wildman–Crippen LogP) is 9.21. The largest absolute Gasteiger partial charge is 0.506 e. The van der Waals surface area contributed by atoms with Gasteiger partial charge in [0.05, 0.1) is 22.8 Å². The third-order valence-corrected chi connectivity index (χ3v) is 16.8. The summed E-state index contributed by atoms with van der Waals surface area (Å²) < 4.78 is 14.8. The van der Waals surface area contributed by atoms with Crippen LogP contribution in [0.3, 0.4) is 0 Å². The Balaban J connectivity index is 0.993. The lowest BCUT2D eigenvalue weighted by atomic mass is 9.93. The number of aromatic amines is 1. The molecular weight excluding hydrogens is 771 g/mol. The molecule has 0 saturated heterocycles. The van der Waals surface area contributed by atoms with Gasteiger partial charge in [-0.1, -0.05) is 80.6 Å². The number of hydrogen-bond acceptors (Lipinski definition) is 9. The Kier molecular flexibility index (Phi) is 13.2. The number of aromatic nitrogens is 4. The molecule has 7 rings (SSSR count). The molecule has 2 heterocycles. The minimum Gasteiger partial charge on any atom is -0.506 e. The van der Waals surface area contributed by atoms with Gasteiger partial charge < -0.3 is 29.9 Å². The van der Waals surface area contributed by atoms with E-state index in [0.717, 1.165) is 88.4 Å². The van der Waals surface area contributed by atoms with Crippen molar-refractivity contribution in [3.05, 3.63) is 118 Å². The van der Waals surface area contributed by atoms with E-state index in [0.29, 0.717) is 31.2 Å². The van der Waals surface area contributed by atoms with Crippen LogP contribution in [-0.4, -0.2) is 65.2 Å². The van der Waals surface area contributed by atoms with Crippen molar-refractivity contribution in [3.63, 3.8) is 0 Å². The average molecular weight is 830 g/mol. The number of amides is 1. The van der Waals surface area contributed by atoms with E-state index < -0.39 is 14.4 Å². The van der Waals surface area contributed by atoms with Crippen LogP contribution in [0.5, 0.6) is 5.75 Å². The number of pyridine rings is 1. The summed E-state index contributed by atoms with van der Waals surface area (Å²) in [5.41, 5.74) is 7.76. The quantitative estimate of drug-likeness (QED) is 0.0637. The lowest BCUT2D eigenvalue weighted by molar-refractivity contribution is 0.0800. The van der Waals surface area contributed by atoms with Crippen LogP contribution in [-0.2, 0) is 28.7 Å². The van der Waals surface area contributed by atoms with Crippen molar-refractivity contribution in [2.45, 2.75) is 109 Å². The van der Waals surface area contributed by atoms with Gasteiger partial charge in [-0.05, 0) is 116 Å². The van der Waals surface area contributed by atoms with Crippen molar-refractivity contribution in [2.75, 3.05) is 18.9 Å². The zero-order valence-electron chi connectivity index (χ0n) is 35.7. The van der Waals surface area contributed by atoms with Gasteiger partial charge in [0, 0.05) is 42.7 Å². The molecule has 5 N–H and O–H groups in total. The molecule has 0 spiro atoms. The fourth-order valence-corrected chi connectivity index (χ4v) is 9.12. The molecule has 0 bridgehead atoms. The van der Waals surface area contributed by atoms with E-state index in [4.69, 9.17) is 9.16 Å². The highest BCUT2D eigenvalue weighted by Crippen LogP contribution is 2.41. The maximum absolute atomic E-state index is 13.1. The normalized spacial score (nSPS) is 16.6. The number of nitrogens with one attached hydrogen (secondary N) is 4. The molecule has 1 fully saturated rings. The first-order valence-corrected chi connectivity index (χ1v) is 24.1. The van der Waals surface area contributed by atoms with Gasteiger partial charge in [-0.15, -0.1) is 5.10 Å². The molecule has 13 heteroatoms. The van der Waals surface area contributed by atoms with Gasteiger partial charge in [0.25, 0.3) is 0 Å². The van der Waals surface area contributed by atoms with Crippen molar-refractivity contribution in [1.82, 2.24) is 30.6 Å². The number of H-pyrrole nitrogens is 1. The van der Waals surface area contributed by atoms with Crippen LogP contribution in [0.4, 0.5) is 10.5 Å². The van der Waals surface area contributed by atoms with E-state index in [1.54, 1.807) is 12.1 Å². The van der Waals surface area contributed by atoms with Crippen molar-refractivity contribution < 1.29 is 19.1 Å². The van der Waals surface area contributed by atoms with Crippen LogP contribution >= 0.6 is 0 Å². The van der Waals surface area contributed by atoms with E-state index in [1.165, 1.54) is 6.07 Å². The Morgan fingerprint density at radius 1 is 0.967 bits per heavy atom. The minimum absolute atomic E-state index is 0.0165. The third kappa shape index (κ3) is 10.2. The van der Waals surface area contributed by atoms with Gasteiger partial charge in [-0.3, -0.25) is 10.1 Å². The molecule has 1 saturated carbocycles. The van der Waals surface area contributed by atoms with Gasteiger partial charge in [0.2, 0.25) is 5.56 Å². The number of benzene rings is 4. The molecule has 12 nitrogen and oxygen atoms in total. The van der Waals surface area contributed by atoms with Crippen LogP contribution in [0.1, 0.15) is 75.7 Å². The minimum atomic E-state index is -2.21. The van der Waals surface area contributed by atoms with E-state index in [9.17, 15) is 14.7 Å². The molecule has 2 aromatic heterocycles. The van der Waals surface area contributed by atoms with Gasteiger partial charge in [-0.25, -0.2) is 9.48 Å². The Hall–Kier alpha value is -5.34. The molecule has 316 valence electrons. The Bertz CT molecular complexity index is 2470. The van der Waals surface area contributed by atoms with E-state index >= 15 is 0 Å². The van der Waals surface area contributed by atoms with Crippen LogP contribution in [0.25, 0.3) is 33.1 Å². The number of hydrogen-bond donors (Lipinski definition) is 5. The van der Waals surface area contributed by atoms with Crippen LogP contribution in [0.15, 0.2) is 95.8 Å². The average Bonchev–Trinajstić information content (AvgIpc) is 3.63. The third-order valence-electron chi connectivity index (χ3n) is 12.3. The lowest BCUT2D eigenvalue weighted by Gasteiger charge is -2.39. The fourth-order valence-electron chi connectivity index (χ4n) is 7.84. The number of phenolic OH excluding ortho intramolecular Hbond substituents is 1. The Morgan fingerprint density at radius 2 is 1.73 bits per heavy atom. The number of fused-ring (bicyclic) bond motifs is 2. The monoisotopic (exact) mass is 829 g/mol. The highest BCUT2D eigenvalue weighted by molar-refractivity contribution is 6.74. The topological polar surface area (TPSA) is 155 Å².